The zero-order valence-electron chi connectivity index (χ0n) is 17.4. The Morgan fingerprint density at radius 3 is 2.60 bits per heavy atom. The molecule has 0 aliphatic carbocycles. The van der Waals surface area contributed by atoms with Gasteiger partial charge in [0.1, 0.15) is 10.8 Å². The molecule has 0 fully saturated rings. The Morgan fingerprint density at radius 1 is 1.10 bits per heavy atom. The number of hydrogen-bond donors (Lipinski definition) is 1. The number of hydrogen-bond acceptors (Lipinski definition) is 6. The largest absolute Gasteiger partial charge is 0.484 e. The predicted octanol–water partition coefficient (Wildman–Crippen LogP) is 4.36. The van der Waals surface area contributed by atoms with E-state index in [2.05, 4.69) is 26.7 Å². The molecule has 2 heterocycles. The van der Waals surface area contributed by atoms with Crippen molar-refractivity contribution >= 4 is 27.9 Å². The van der Waals surface area contributed by atoms with Gasteiger partial charge in [-0.15, -0.1) is 10.2 Å². The summed E-state index contributed by atoms with van der Waals surface area (Å²) >= 11 is 1.47. The SMILES string of the molecule is CCc1nnc2sc(-c3ccc(C)c(NC(=O)COc4cc(C)cc(C)c4)c3)nn12. The lowest BCUT2D eigenvalue weighted by Gasteiger charge is -2.11. The van der Waals surface area contributed by atoms with E-state index in [4.69, 9.17) is 4.74 Å². The van der Waals surface area contributed by atoms with Crippen LogP contribution in [0.3, 0.4) is 0 Å². The lowest BCUT2D eigenvalue weighted by atomic mass is 10.1. The maximum atomic E-state index is 12.5. The first kappa shape index (κ1) is 20.0. The van der Waals surface area contributed by atoms with Crippen LogP contribution in [0.2, 0.25) is 0 Å². The Bertz CT molecular complexity index is 1210. The second kappa shape index (κ2) is 8.23. The van der Waals surface area contributed by atoms with E-state index >= 15 is 0 Å². The highest BCUT2D eigenvalue weighted by Crippen LogP contribution is 2.29. The summed E-state index contributed by atoms with van der Waals surface area (Å²) in [5.41, 5.74) is 4.83. The summed E-state index contributed by atoms with van der Waals surface area (Å²) in [6.45, 7) is 7.94. The average molecular weight is 422 g/mol. The lowest BCUT2D eigenvalue weighted by Crippen LogP contribution is -2.20. The molecule has 1 amide bonds. The smallest absolute Gasteiger partial charge is 0.262 e. The van der Waals surface area contributed by atoms with Crippen LogP contribution >= 0.6 is 11.3 Å². The van der Waals surface area contributed by atoms with E-state index in [1.165, 1.54) is 11.3 Å². The third kappa shape index (κ3) is 4.18. The van der Waals surface area contributed by atoms with Crippen LogP contribution in [-0.4, -0.2) is 32.3 Å². The number of amides is 1. The third-order valence-corrected chi connectivity index (χ3v) is 5.64. The molecule has 4 aromatic rings. The molecular formula is C22H23N5O2S. The van der Waals surface area contributed by atoms with Gasteiger partial charge >= 0.3 is 0 Å². The molecule has 2 aromatic heterocycles. The average Bonchev–Trinajstić information content (AvgIpc) is 3.28. The summed E-state index contributed by atoms with van der Waals surface area (Å²) in [6.07, 6.45) is 0.764. The highest BCUT2D eigenvalue weighted by atomic mass is 32.1. The zero-order valence-corrected chi connectivity index (χ0v) is 18.2. The van der Waals surface area contributed by atoms with Gasteiger partial charge < -0.3 is 10.1 Å². The summed E-state index contributed by atoms with van der Waals surface area (Å²) in [7, 11) is 0. The molecule has 0 radical (unpaired) electrons. The molecular weight excluding hydrogens is 398 g/mol. The quantitative estimate of drug-likeness (QED) is 0.500. The predicted molar refractivity (Wildman–Crippen MR) is 118 cm³/mol. The monoisotopic (exact) mass is 421 g/mol. The molecule has 0 unspecified atom stereocenters. The Hall–Kier alpha value is -3.26. The van der Waals surface area contributed by atoms with Crippen LogP contribution < -0.4 is 10.1 Å². The summed E-state index contributed by atoms with van der Waals surface area (Å²) in [5, 5.41) is 16.7. The van der Waals surface area contributed by atoms with E-state index in [9.17, 15) is 4.79 Å². The Morgan fingerprint density at radius 2 is 1.87 bits per heavy atom. The van der Waals surface area contributed by atoms with Crippen molar-refractivity contribution in [1.29, 1.82) is 0 Å². The van der Waals surface area contributed by atoms with Crippen LogP contribution in [-0.2, 0) is 11.2 Å². The van der Waals surface area contributed by atoms with Gasteiger partial charge in [-0.3, -0.25) is 4.79 Å². The number of aromatic nitrogens is 4. The molecule has 4 rings (SSSR count). The summed E-state index contributed by atoms with van der Waals surface area (Å²) in [5.74, 6) is 1.32. The second-order valence-corrected chi connectivity index (χ2v) is 8.22. The maximum absolute atomic E-state index is 12.5. The zero-order chi connectivity index (χ0) is 21.3. The Balaban J connectivity index is 1.49. The van der Waals surface area contributed by atoms with Crippen molar-refractivity contribution in [2.24, 2.45) is 0 Å². The fourth-order valence-corrected chi connectivity index (χ4v) is 4.09. The second-order valence-electron chi connectivity index (χ2n) is 7.26. The lowest BCUT2D eigenvalue weighted by molar-refractivity contribution is -0.118. The molecule has 7 nitrogen and oxygen atoms in total. The minimum atomic E-state index is -0.208. The van der Waals surface area contributed by atoms with Crippen molar-refractivity contribution < 1.29 is 9.53 Å². The fraction of sp³-hybridized carbons (Fsp3) is 0.273. The van der Waals surface area contributed by atoms with Crippen LogP contribution in [0.4, 0.5) is 5.69 Å². The van der Waals surface area contributed by atoms with Gasteiger partial charge in [-0.25, -0.2) is 0 Å². The number of aryl methyl sites for hydroxylation is 4. The first-order valence-electron chi connectivity index (χ1n) is 9.76. The maximum Gasteiger partial charge on any atom is 0.262 e. The third-order valence-electron chi connectivity index (χ3n) is 4.70. The van der Waals surface area contributed by atoms with Gasteiger partial charge in [0.2, 0.25) is 4.96 Å². The molecule has 0 atom stereocenters. The van der Waals surface area contributed by atoms with E-state index in [1.54, 1.807) is 4.52 Å². The van der Waals surface area contributed by atoms with Crippen molar-refractivity contribution in [2.45, 2.75) is 34.1 Å². The van der Waals surface area contributed by atoms with Crippen LogP contribution in [0.1, 0.15) is 29.4 Å². The van der Waals surface area contributed by atoms with Crippen molar-refractivity contribution in [3.05, 3.63) is 58.9 Å². The molecule has 0 saturated heterocycles. The molecule has 0 bridgehead atoms. The van der Waals surface area contributed by atoms with Gasteiger partial charge in [0.25, 0.3) is 5.91 Å². The highest BCUT2D eigenvalue weighted by molar-refractivity contribution is 7.19. The van der Waals surface area contributed by atoms with Crippen LogP contribution in [0.25, 0.3) is 15.5 Å². The van der Waals surface area contributed by atoms with E-state index in [-0.39, 0.29) is 12.5 Å². The number of fused-ring (bicyclic) bond motifs is 1. The molecule has 0 spiro atoms. The highest BCUT2D eigenvalue weighted by Gasteiger charge is 2.14. The van der Waals surface area contributed by atoms with Gasteiger partial charge in [-0.05, 0) is 55.7 Å². The van der Waals surface area contributed by atoms with Gasteiger partial charge in [0.15, 0.2) is 12.4 Å². The topological polar surface area (TPSA) is 81.4 Å². The van der Waals surface area contributed by atoms with Crippen LogP contribution in [0.15, 0.2) is 36.4 Å². The normalized spacial score (nSPS) is 11.1. The minimum Gasteiger partial charge on any atom is -0.484 e. The fourth-order valence-electron chi connectivity index (χ4n) is 3.24. The van der Waals surface area contributed by atoms with E-state index in [0.717, 1.165) is 50.2 Å². The summed E-state index contributed by atoms with van der Waals surface area (Å²) in [6, 6.07) is 11.8. The number of anilines is 1. The Labute approximate surface area is 178 Å². The molecule has 30 heavy (non-hydrogen) atoms. The molecule has 0 aliphatic heterocycles. The number of carbonyl (C=O) groups is 1. The molecule has 1 N–H and O–H groups in total. The van der Waals surface area contributed by atoms with Crippen LogP contribution in [0, 0.1) is 20.8 Å². The van der Waals surface area contributed by atoms with Gasteiger partial charge in [-0.2, -0.15) is 9.61 Å². The first-order valence-corrected chi connectivity index (χ1v) is 10.6. The molecule has 2 aromatic carbocycles. The van der Waals surface area contributed by atoms with E-state index < -0.39 is 0 Å². The van der Waals surface area contributed by atoms with Crippen molar-refractivity contribution in [1.82, 2.24) is 19.8 Å². The van der Waals surface area contributed by atoms with E-state index in [1.807, 2.05) is 58.0 Å². The van der Waals surface area contributed by atoms with Gasteiger partial charge in [0.05, 0.1) is 0 Å². The van der Waals surface area contributed by atoms with Crippen molar-refractivity contribution in [3.63, 3.8) is 0 Å². The van der Waals surface area contributed by atoms with Crippen LogP contribution in [0.5, 0.6) is 5.75 Å². The number of nitrogens with one attached hydrogen (secondary N) is 1. The molecule has 154 valence electrons. The van der Waals surface area contributed by atoms with Gasteiger partial charge in [0, 0.05) is 17.7 Å². The standard InChI is InChI=1S/C22H23N5O2S/c1-5-19-24-25-22-27(19)26-21(30-22)16-7-6-15(4)18(11-16)23-20(28)12-29-17-9-13(2)8-14(3)10-17/h6-11H,5,12H2,1-4H3,(H,23,28). The number of rotatable bonds is 6. The number of nitrogens with zero attached hydrogens (tertiary/aromatic N) is 4. The number of benzene rings is 2. The number of carbonyl (C=O) groups excluding carboxylic acids is 1. The summed E-state index contributed by atoms with van der Waals surface area (Å²) in [4.78, 5) is 13.2. The minimum absolute atomic E-state index is 0.0524. The van der Waals surface area contributed by atoms with Crippen molar-refractivity contribution in [3.8, 4) is 16.3 Å². The first-order chi connectivity index (χ1) is 14.4. The number of ether oxygens (including phenoxy) is 1. The van der Waals surface area contributed by atoms with E-state index in [0.29, 0.717) is 5.75 Å². The Kier molecular flexibility index (Phi) is 5.50. The summed E-state index contributed by atoms with van der Waals surface area (Å²) < 4.78 is 7.44. The molecule has 0 aliphatic rings. The molecule has 8 heteroatoms. The van der Waals surface area contributed by atoms with Gasteiger partial charge in [-0.1, -0.05) is 36.5 Å². The van der Waals surface area contributed by atoms with Crippen molar-refractivity contribution in [2.75, 3.05) is 11.9 Å². The molecule has 0 saturated carbocycles.